The second-order valence-electron chi connectivity index (χ2n) is 2.49. The highest BCUT2D eigenvalue weighted by Gasteiger charge is 2.03. The lowest BCUT2D eigenvalue weighted by Crippen LogP contribution is -1.77. The SMILES string of the molecule is O=[C]c1c[nH]c2ccc(F)cc12. The van der Waals surface area contributed by atoms with Crippen molar-refractivity contribution in [1.82, 2.24) is 4.98 Å². The first-order valence-corrected chi connectivity index (χ1v) is 3.46. The number of halogens is 1. The van der Waals surface area contributed by atoms with Crippen LogP contribution in [-0.2, 0) is 4.79 Å². The molecule has 0 unspecified atom stereocenters. The van der Waals surface area contributed by atoms with Crippen molar-refractivity contribution in [2.24, 2.45) is 0 Å². The lowest BCUT2D eigenvalue weighted by atomic mass is 10.2. The molecule has 2 aromatic rings. The lowest BCUT2D eigenvalue weighted by Gasteiger charge is -1.89. The van der Waals surface area contributed by atoms with E-state index in [0.717, 1.165) is 5.52 Å². The van der Waals surface area contributed by atoms with Gasteiger partial charge in [-0.05, 0) is 18.2 Å². The summed E-state index contributed by atoms with van der Waals surface area (Å²) in [4.78, 5) is 13.2. The van der Waals surface area contributed by atoms with Crippen molar-refractivity contribution in [1.29, 1.82) is 0 Å². The minimum absolute atomic E-state index is 0.349. The summed E-state index contributed by atoms with van der Waals surface area (Å²) >= 11 is 0. The Balaban J connectivity index is 2.83. The van der Waals surface area contributed by atoms with Crippen molar-refractivity contribution in [2.45, 2.75) is 0 Å². The fourth-order valence-electron chi connectivity index (χ4n) is 1.18. The number of aromatic amines is 1. The van der Waals surface area contributed by atoms with E-state index < -0.39 is 0 Å². The minimum atomic E-state index is -0.349. The molecular formula is C9H5FNO. The van der Waals surface area contributed by atoms with Crippen LogP contribution < -0.4 is 0 Å². The van der Waals surface area contributed by atoms with Gasteiger partial charge in [-0.3, -0.25) is 4.79 Å². The summed E-state index contributed by atoms with van der Waals surface area (Å²) in [6, 6.07) is 4.24. The standard InChI is InChI=1S/C9H5FNO/c10-7-1-2-9-8(3-7)6(5-12)4-11-9/h1-4,11H. The zero-order chi connectivity index (χ0) is 8.55. The van der Waals surface area contributed by atoms with Crippen molar-refractivity contribution in [3.05, 3.63) is 35.8 Å². The summed E-state index contributed by atoms with van der Waals surface area (Å²) in [5.41, 5.74) is 1.11. The second kappa shape index (κ2) is 2.44. The molecule has 0 bridgehead atoms. The Morgan fingerprint density at radius 3 is 3.00 bits per heavy atom. The van der Waals surface area contributed by atoms with Gasteiger partial charge >= 0.3 is 0 Å². The van der Waals surface area contributed by atoms with Gasteiger partial charge in [0.15, 0.2) is 0 Å². The maximum atomic E-state index is 12.7. The minimum Gasteiger partial charge on any atom is -0.360 e. The fourth-order valence-corrected chi connectivity index (χ4v) is 1.18. The fraction of sp³-hybridized carbons (Fsp3) is 0. The lowest BCUT2D eigenvalue weighted by molar-refractivity contribution is 0.563. The van der Waals surface area contributed by atoms with E-state index in [2.05, 4.69) is 4.98 Å². The molecule has 12 heavy (non-hydrogen) atoms. The number of H-pyrrole nitrogens is 1. The van der Waals surface area contributed by atoms with Gasteiger partial charge in [-0.15, -0.1) is 0 Å². The molecule has 2 rings (SSSR count). The number of fused-ring (bicyclic) bond motifs is 1. The normalized spacial score (nSPS) is 10.4. The van der Waals surface area contributed by atoms with Crippen LogP contribution in [0.3, 0.4) is 0 Å². The predicted octanol–water partition coefficient (Wildman–Crippen LogP) is 1.76. The zero-order valence-corrected chi connectivity index (χ0v) is 6.10. The zero-order valence-electron chi connectivity index (χ0n) is 6.10. The summed E-state index contributed by atoms with van der Waals surface area (Å²) in [6.07, 6.45) is 3.24. The monoisotopic (exact) mass is 162 g/mol. The Bertz CT molecular complexity index is 433. The molecule has 3 heteroatoms. The molecule has 1 aromatic heterocycles. The van der Waals surface area contributed by atoms with E-state index >= 15 is 0 Å². The molecule has 0 saturated heterocycles. The van der Waals surface area contributed by atoms with Crippen LogP contribution >= 0.6 is 0 Å². The summed E-state index contributed by atoms with van der Waals surface area (Å²) < 4.78 is 12.7. The topological polar surface area (TPSA) is 32.9 Å². The van der Waals surface area contributed by atoms with Gasteiger partial charge in [-0.25, -0.2) is 4.39 Å². The first-order valence-electron chi connectivity index (χ1n) is 3.46. The molecule has 0 aliphatic rings. The maximum absolute atomic E-state index is 12.7. The number of nitrogens with one attached hydrogen (secondary N) is 1. The van der Waals surface area contributed by atoms with Gasteiger partial charge in [0.25, 0.3) is 0 Å². The van der Waals surface area contributed by atoms with E-state index in [4.69, 9.17) is 0 Å². The number of hydrogen-bond acceptors (Lipinski definition) is 1. The number of rotatable bonds is 1. The van der Waals surface area contributed by atoms with Crippen molar-refractivity contribution < 1.29 is 9.18 Å². The van der Waals surface area contributed by atoms with Crippen LogP contribution in [0.25, 0.3) is 10.9 Å². The summed E-state index contributed by atoms with van der Waals surface area (Å²) in [7, 11) is 0. The Hall–Kier alpha value is -1.64. The molecule has 0 saturated carbocycles. The molecule has 1 heterocycles. The first-order chi connectivity index (χ1) is 5.81. The average Bonchev–Trinajstić information content (AvgIpc) is 2.46. The highest BCUT2D eigenvalue weighted by Crippen LogP contribution is 2.17. The Labute approximate surface area is 68.0 Å². The maximum Gasteiger partial charge on any atom is 0.235 e. The third-order valence-corrected chi connectivity index (χ3v) is 1.75. The molecule has 2 nitrogen and oxygen atoms in total. The number of hydrogen-bond donors (Lipinski definition) is 1. The van der Waals surface area contributed by atoms with E-state index in [-0.39, 0.29) is 5.82 Å². The highest BCUT2D eigenvalue weighted by atomic mass is 19.1. The summed E-state index contributed by atoms with van der Waals surface area (Å²) in [6.45, 7) is 0. The molecule has 0 aliphatic carbocycles. The van der Waals surface area contributed by atoms with Crippen LogP contribution in [0.5, 0.6) is 0 Å². The van der Waals surface area contributed by atoms with Crippen LogP contribution in [0, 0.1) is 5.82 Å². The smallest absolute Gasteiger partial charge is 0.235 e. The summed E-state index contributed by atoms with van der Waals surface area (Å²) in [5, 5.41) is 0.574. The largest absolute Gasteiger partial charge is 0.360 e. The van der Waals surface area contributed by atoms with Crippen molar-refractivity contribution in [2.75, 3.05) is 0 Å². The van der Waals surface area contributed by atoms with Crippen LogP contribution in [0.2, 0.25) is 0 Å². The molecule has 0 atom stereocenters. The Kier molecular flexibility index (Phi) is 1.43. The number of aromatic nitrogens is 1. The Morgan fingerprint density at radius 2 is 2.25 bits per heavy atom. The molecule has 59 valence electrons. The van der Waals surface area contributed by atoms with Gasteiger partial charge in [0.2, 0.25) is 6.29 Å². The predicted molar refractivity (Wildman–Crippen MR) is 43.1 cm³/mol. The Morgan fingerprint density at radius 1 is 1.42 bits per heavy atom. The first kappa shape index (κ1) is 7.03. The molecule has 1 N–H and O–H groups in total. The van der Waals surface area contributed by atoms with E-state index in [1.54, 1.807) is 12.4 Å². The van der Waals surface area contributed by atoms with Gasteiger partial charge in [0.05, 0.1) is 5.56 Å². The van der Waals surface area contributed by atoms with Gasteiger partial charge in [-0.2, -0.15) is 0 Å². The average molecular weight is 162 g/mol. The van der Waals surface area contributed by atoms with Crippen LogP contribution in [0.4, 0.5) is 4.39 Å². The highest BCUT2D eigenvalue weighted by molar-refractivity contribution is 5.97. The molecule has 1 radical (unpaired) electrons. The number of carbonyl (C=O) groups excluding carboxylic acids is 1. The van der Waals surface area contributed by atoms with E-state index in [9.17, 15) is 9.18 Å². The molecule has 0 fully saturated rings. The van der Waals surface area contributed by atoms with Gasteiger partial charge in [0, 0.05) is 17.1 Å². The molecule has 0 aliphatic heterocycles. The molecule has 0 amide bonds. The van der Waals surface area contributed by atoms with E-state index in [1.165, 1.54) is 18.3 Å². The second-order valence-corrected chi connectivity index (χ2v) is 2.49. The summed E-state index contributed by atoms with van der Waals surface area (Å²) in [5.74, 6) is -0.349. The van der Waals surface area contributed by atoms with Crippen LogP contribution in [-0.4, -0.2) is 11.3 Å². The van der Waals surface area contributed by atoms with Crippen LogP contribution in [0.15, 0.2) is 24.4 Å². The van der Waals surface area contributed by atoms with Gasteiger partial charge < -0.3 is 4.98 Å². The number of benzene rings is 1. The van der Waals surface area contributed by atoms with Crippen molar-refractivity contribution in [3.8, 4) is 0 Å². The molecular weight excluding hydrogens is 157 g/mol. The molecule has 1 aromatic carbocycles. The van der Waals surface area contributed by atoms with Gasteiger partial charge in [0.1, 0.15) is 5.82 Å². The van der Waals surface area contributed by atoms with Crippen molar-refractivity contribution in [3.63, 3.8) is 0 Å². The van der Waals surface area contributed by atoms with Gasteiger partial charge in [-0.1, -0.05) is 0 Å². The van der Waals surface area contributed by atoms with Crippen molar-refractivity contribution >= 4 is 17.2 Å². The van der Waals surface area contributed by atoms with E-state index in [0.29, 0.717) is 10.9 Å². The molecule has 0 spiro atoms. The third kappa shape index (κ3) is 0.906. The van der Waals surface area contributed by atoms with E-state index in [1.807, 2.05) is 0 Å². The quantitative estimate of drug-likeness (QED) is 0.680. The third-order valence-electron chi connectivity index (χ3n) is 1.75. The van der Waals surface area contributed by atoms with Crippen LogP contribution in [0.1, 0.15) is 5.56 Å².